The minimum absolute atomic E-state index is 0.378. The molecular formula is C15H19ClO5. The first kappa shape index (κ1) is 17.3. The summed E-state index contributed by atoms with van der Waals surface area (Å²) in [7, 11) is 2.50. The fourth-order valence-corrected chi connectivity index (χ4v) is 1.91. The fourth-order valence-electron chi connectivity index (χ4n) is 1.79. The monoisotopic (exact) mass is 314 g/mol. The summed E-state index contributed by atoms with van der Waals surface area (Å²) in [6, 6.07) is 7.07. The standard InChI is InChI=1S/C15H19ClO5/c1-19-14(17)13(15(18)20-2)5-3-4-10-21-12-8-6-11(16)7-9-12/h6-9,13H,3-5,10H2,1-2H3. The quantitative estimate of drug-likeness (QED) is 0.419. The molecule has 1 aromatic rings. The van der Waals surface area contributed by atoms with Gasteiger partial charge in [0.25, 0.3) is 0 Å². The van der Waals surface area contributed by atoms with Crippen molar-refractivity contribution in [2.75, 3.05) is 20.8 Å². The van der Waals surface area contributed by atoms with Crippen molar-refractivity contribution in [1.82, 2.24) is 0 Å². The lowest BCUT2D eigenvalue weighted by molar-refractivity contribution is -0.159. The SMILES string of the molecule is COC(=O)C(CCCCOc1ccc(Cl)cc1)C(=O)OC. The molecule has 0 unspecified atom stereocenters. The molecule has 0 aliphatic rings. The van der Waals surface area contributed by atoms with Crippen molar-refractivity contribution in [3.8, 4) is 5.75 Å². The maximum atomic E-state index is 11.5. The zero-order valence-electron chi connectivity index (χ0n) is 12.1. The number of hydrogen-bond donors (Lipinski definition) is 0. The van der Waals surface area contributed by atoms with Crippen LogP contribution in [0.15, 0.2) is 24.3 Å². The second-order valence-corrected chi connectivity index (χ2v) is 4.83. The Morgan fingerprint density at radius 2 is 1.62 bits per heavy atom. The number of ether oxygens (including phenoxy) is 3. The molecule has 0 saturated carbocycles. The molecule has 6 heteroatoms. The van der Waals surface area contributed by atoms with Crippen LogP contribution in [-0.4, -0.2) is 32.8 Å². The van der Waals surface area contributed by atoms with Gasteiger partial charge >= 0.3 is 11.9 Å². The highest BCUT2D eigenvalue weighted by Gasteiger charge is 2.27. The van der Waals surface area contributed by atoms with E-state index in [-0.39, 0.29) is 0 Å². The molecule has 0 saturated heterocycles. The third-order valence-electron chi connectivity index (χ3n) is 2.94. The predicted molar refractivity (Wildman–Crippen MR) is 78.3 cm³/mol. The third kappa shape index (κ3) is 6.04. The van der Waals surface area contributed by atoms with E-state index in [1.54, 1.807) is 24.3 Å². The molecular weight excluding hydrogens is 296 g/mol. The highest BCUT2D eigenvalue weighted by Crippen LogP contribution is 2.17. The van der Waals surface area contributed by atoms with Gasteiger partial charge in [-0.25, -0.2) is 0 Å². The molecule has 0 aliphatic carbocycles. The molecule has 0 amide bonds. The van der Waals surface area contributed by atoms with E-state index >= 15 is 0 Å². The number of benzene rings is 1. The highest BCUT2D eigenvalue weighted by molar-refractivity contribution is 6.30. The van der Waals surface area contributed by atoms with Gasteiger partial charge in [0.2, 0.25) is 0 Å². The topological polar surface area (TPSA) is 61.8 Å². The summed E-state index contributed by atoms with van der Waals surface area (Å²) >= 11 is 5.77. The molecule has 0 atom stereocenters. The van der Waals surface area contributed by atoms with Crippen molar-refractivity contribution in [3.05, 3.63) is 29.3 Å². The summed E-state index contributed by atoms with van der Waals surface area (Å²) in [6.07, 6.45) is 1.75. The van der Waals surface area contributed by atoms with E-state index in [0.29, 0.717) is 30.9 Å². The molecule has 0 radical (unpaired) electrons. The molecule has 0 spiro atoms. The predicted octanol–water partition coefficient (Wildman–Crippen LogP) is 2.85. The molecule has 0 N–H and O–H groups in total. The average Bonchev–Trinajstić information content (AvgIpc) is 2.51. The summed E-state index contributed by atoms with van der Waals surface area (Å²) in [4.78, 5) is 22.9. The van der Waals surface area contributed by atoms with Crippen LogP contribution in [0, 0.1) is 5.92 Å². The van der Waals surface area contributed by atoms with Gasteiger partial charge in [0.1, 0.15) is 5.75 Å². The number of rotatable bonds is 8. The molecule has 0 heterocycles. The lowest BCUT2D eigenvalue weighted by Gasteiger charge is -2.12. The molecule has 0 bridgehead atoms. The van der Waals surface area contributed by atoms with Gasteiger partial charge in [-0.2, -0.15) is 0 Å². The average molecular weight is 315 g/mol. The third-order valence-corrected chi connectivity index (χ3v) is 3.19. The van der Waals surface area contributed by atoms with Crippen LogP contribution in [0.1, 0.15) is 19.3 Å². The van der Waals surface area contributed by atoms with Crippen molar-refractivity contribution in [3.63, 3.8) is 0 Å². The fraction of sp³-hybridized carbons (Fsp3) is 0.467. The Kier molecular flexibility index (Phi) is 7.61. The number of carbonyl (C=O) groups is 2. The summed E-state index contributed by atoms with van der Waals surface area (Å²) in [5.41, 5.74) is 0. The van der Waals surface area contributed by atoms with E-state index in [2.05, 4.69) is 9.47 Å². The zero-order valence-corrected chi connectivity index (χ0v) is 12.9. The lowest BCUT2D eigenvalue weighted by Crippen LogP contribution is -2.26. The van der Waals surface area contributed by atoms with E-state index in [4.69, 9.17) is 16.3 Å². The number of carbonyl (C=O) groups excluding carboxylic acids is 2. The van der Waals surface area contributed by atoms with Crippen molar-refractivity contribution < 1.29 is 23.8 Å². The Bertz CT molecular complexity index is 442. The Balaban J connectivity index is 2.29. The van der Waals surface area contributed by atoms with Crippen LogP contribution >= 0.6 is 11.6 Å². The minimum Gasteiger partial charge on any atom is -0.494 e. The van der Waals surface area contributed by atoms with Gasteiger partial charge in [-0.1, -0.05) is 11.6 Å². The molecule has 0 aromatic heterocycles. The number of hydrogen-bond acceptors (Lipinski definition) is 5. The Hall–Kier alpha value is -1.75. The maximum Gasteiger partial charge on any atom is 0.320 e. The maximum absolute atomic E-state index is 11.5. The van der Waals surface area contributed by atoms with E-state index in [1.165, 1.54) is 14.2 Å². The van der Waals surface area contributed by atoms with Gasteiger partial charge in [-0.3, -0.25) is 9.59 Å². The van der Waals surface area contributed by atoms with Crippen LogP contribution in [0.2, 0.25) is 5.02 Å². The number of unbranched alkanes of at least 4 members (excludes halogenated alkanes) is 1. The number of methoxy groups -OCH3 is 2. The first-order valence-corrected chi connectivity index (χ1v) is 7.00. The Morgan fingerprint density at radius 3 is 2.14 bits per heavy atom. The van der Waals surface area contributed by atoms with Gasteiger partial charge in [0.15, 0.2) is 5.92 Å². The smallest absolute Gasteiger partial charge is 0.320 e. The van der Waals surface area contributed by atoms with Crippen LogP contribution in [0.5, 0.6) is 5.75 Å². The van der Waals surface area contributed by atoms with Crippen LogP contribution in [0.25, 0.3) is 0 Å². The Morgan fingerprint density at radius 1 is 1.05 bits per heavy atom. The van der Waals surface area contributed by atoms with Crippen LogP contribution < -0.4 is 4.74 Å². The molecule has 1 rings (SSSR count). The number of halogens is 1. The minimum atomic E-state index is -0.865. The zero-order chi connectivity index (χ0) is 15.7. The van der Waals surface area contributed by atoms with E-state index in [0.717, 1.165) is 5.75 Å². The van der Waals surface area contributed by atoms with E-state index < -0.39 is 17.9 Å². The van der Waals surface area contributed by atoms with E-state index in [9.17, 15) is 9.59 Å². The molecule has 21 heavy (non-hydrogen) atoms. The van der Waals surface area contributed by atoms with Crippen molar-refractivity contribution in [2.45, 2.75) is 19.3 Å². The van der Waals surface area contributed by atoms with Gasteiger partial charge in [-0.15, -0.1) is 0 Å². The van der Waals surface area contributed by atoms with Crippen molar-refractivity contribution >= 4 is 23.5 Å². The van der Waals surface area contributed by atoms with Gasteiger partial charge in [-0.05, 0) is 43.5 Å². The van der Waals surface area contributed by atoms with Gasteiger partial charge in [0.05, 0.1) is 20.8 Å². The highest BCUT2D eigenvalue weighted by atomic mass is 35.5. The van der Waals surface area contributed by atoms with Crippen LogP contribution in [0.3, 0.4) is 0 Å². The molecule has 0 aliphatic heterocycles. The summed E-state index contributed by atoms with van der Waals surface area (Å²) in [6.45, 7) is 0.497. The normalized spacial score (nSPS) is 10.3. The second-order valence-electron chi connectivity index (χ2n) is 4.40. The molecule has 116 valence electrons. The first-order chi connectivity index (χ1) is 10.1. The lowest BCUT2D eigenvalue weighted by atomic mass is 10.0. The molecule has 5 nitrogen and oxygen atoms in total. The first-order valence-electron chi connectivity index (χ1n) is 6.62. The van der Waals surface area contributed by atoms with Crippen molar-refractivity contribution in [2.24, 2.45) is 5.92 Å². The van der Waals surface area contributed by atoms with Gasteiger partial charge < -0.3 is 14.2 Å². The van der Waals surface area contributed by atoms with Crippen LogP contribution in [-0.2, 0) is 19.1 Å². The van der Waals surface area contributed by atoms with Crippen LogP contribution in [0.4, 0.5) is 0 Å². The summed E-state index contributed by atoms with van der Waals surface area (Å²) < 4.78 is 14.7. The van der Waals surface area contributed by atoms with E-state index in [1.807, 2.05) is 0 Å². The Labute approximate surface area is 129 Å². The van der Waals surface area contributed by atoms with Gasteiger partial charge in [0, 0.05) is 5.02 Å². The number of esters is 2. The van der Waals surface area contributed by atoms with Crippen molar-refractivity contribution in [1.29, 1.82) is 0 Å². The summed E-state index contributed by atoms with van der Waals surface area (Å²) in [5, 5.41) is 0.654. The second kappa shape index (κ2) is 9.23. The largest absolute Gasteiger partial charge is 0.494 e. The molecule has 0 fully saturated rings. The summed E-state index contributed by atoms with van der Waals surface area (Å²) in [5.74, 6) is -1.27. The molecule has 1 aromatic carbocycles.